The van der Waals surface area contributed by atoms with Gasteiger partial charge in [0.05, 0.1) is 25.2 Å². The van der Waals surface area contributed by atoms with Crippen LogP contribution in [-0.2, 0) is 17.6 Å². The van der Waals surface area contributed by atoms with Crippen molar-refractivity contribution in [3.8, 4) is 11.5 Å². The maximum Gasteiger partial charge on any atom is 0.254 e. The molecule has 3 aromatic carbocycles. The molecule has 6 heteroatoms. The van der Waals surface area contributed by atoms with Crippen LogP contribution in [0.4, 0.5) is 0 Å². The second-order valence-corrected chi connectivity index (χ2v) is 9.15. The monoisotopic (exact) mass is 484 g/mol. The van der Waals surface area contributed by atoms with Gasteiger partial charge in [-0.05, 0) is 67.1 Å². The quantitative estimate of drug-likeness (QED) is 0.504. The number of ether oxygens (including phenoxy) is 2. The molecule has 0 aliphatic carbocycles. The Morgan fingerprint density at radius 3 is 2.47 bits per heavy atom. The molecule has 0 saturated carbocycles. The van der Waals surface area contributed by atoms with Gasteiger partial charge >= 0.3 is 0 Å². The third-order valence-corrected chi connectivity index (χ3v) is 7.04. The van der Waals surface area contributed by atoms with Crippen LogP contribution in [0.2, 0.25) is 0 Å². The van der Waals surface area contributed by atoms with Gasteiger partial charge in [-0.1, -0.05) is 48.5 Å². The summed E-state index contributed by atoms with van der Waals surface area (Å²) in [6.07, 6.45) is 1.46. The van der Waals surface area contributed by atoms with Crippen LogP contribution >= 0.6 is 0 Å². The van der Waals surface area contributed by atoms with Crippen molar-refractivity contribution in [3.05, 3.63) is 94.5 Å². The van der Waals surface area contributed by atoms with Crippen LogP contribution in [0.5, 0.6) is 11.5 Å². The fraction of sp³-hybridized carbons (Fsp3) is 0.333. The summed E-state index contributed by atoms with van der Waals surface area (Å²) in [7, 11) is 0. The van der Waals surface area contributed by atoms with Crippen LogP contribution in [0, 0.1) is 0 Å². The Balaban J connectivity index is 1.38. The Labute approximate surface area is 212 Å². The summed E-state index contributed by atoms with van der Waals surface area (Å²) in [5.41, 5.74) is 4.77. The molecule has 2 atom stereocenters. The van der Waals surface area contributed by atoms with Gasteiger partial charge < -0.3 is 19.7 Å². The Hall–Kier alpha value is -3.80. The highest BCUT2D eigenvalue weighted by molar-refractivity contribution is 6.01. The second kappa shape index (κ2) is 10.4. The van der Waals surface area contributed by atoms with Gasteiger partial charge in [-0.15, -0.1) is 0 Å². The molecule has 1 N–H and O–H groups in total. The van der Waals surface area contributed by atoms with Crippen molar-refractivity contribution >= 4 is 11.8 Å². The van der Waals surface area contributed by atoms with Gasteiger partial charge in [0, 0.05) is 18.7 Å². The van der Waals surface area contributed by atoms with E-state index in [1.54, 1.807) is 0 Å². The van der Waals surface area contributed by atoms with Crippen LogP contribution in [0.1, 0.15) is 58.4 Å². The first-order valence-corrected chi connectivity index (χ1v) is 12.8. The number of fused-ring (bicyclic) bond motifs is 4. The third kappa shape index (κ3) is 4.43. The van der Waals surface area contributed by atoms with Crippen molar-refractivity contribution in [2.24, 2.45) is 0 Å². The molecule has 2 aliphatic heterocycles. The van der Waals surface area contributed by atoms with E-state index >= 15 is 0 Å². The molecule has 0 fully saturated rings. The molecule has 2 aliphatic rings. The van der Waals surface area contributed by atoms with E-state index in [0.717, 1.165) is 34.6 Å². The zero-order valence-electron chi connectivity index (χ0n) is 20.8. The Morgan fingerprint density at radius 1 is 0.944 bits per heavy atom. The van der Waals surface area contributed by atoms with E-state index < -0.39 is 5.92 Å². The van der Waals surface area contributed by atoms with Crippen LogP contribution in [-0.4, -0.2) is 43.0 Å². The zero-order valence-corrected chi connectivity index (χ0v) is 20.8. The van der Waals surface area contributed by atoms with Crippen molar-refractivity contribution in [1.29, 1.82) is 0 Å². The average molecular weight is 485 g/mol. The minimum absolute atomic E-state index is 0.00648. The standard InChI is InChI=1S/C30H32N2O4/c1-3-35-25-14-13-20(19-26(25)36-4-2)15-17-31-29(33)27-23-11-7-8-12-24(23)30(34)32-18-16-21-9-5-6-10-22(21)28(27)32/h5-14,19,27-28H,3-4,15-18H2,1-2H3,(H,31,33)/t27-,28-/m1/s1. The van der Waals surface area contributed by atoms with E-state index in [4.69, 9.17) is 9.47 Å². The molecule has 2 heterocycles. The lowest BCUT2D eigenvalue weighted by Gasteiger charge is -2.45. The first-order chi connectivity index (χ1) is 17.6. The maximum absolute atomic E-state index is 13.7. The number of nitrogens with one attached hydrogen (secondary N) is 1. The SMILES string of the molecule is CCOc1ccc(CCNC(=O)[C@@H]2c3ccccc3C(=O)N3CCc4ccccc4[C@H]23)cc1OCC. The Kier molecular flexibility index (Phi) is 6.94. The Morgan fingerprint density at radius 2 is 1.67 bits per heavy atom. The number of rotatable bonds is 8. The van der Waals surface area contributed by atoms with Crippen molar-refractivity contribution in [2.75, 3.05) is 26.3 Å². The van der Waals surface area contributed by atoms with Crippen molar-refractivity contribution in [2.45, 2.75) is 38.6 Å². The van der Waals surface area contributed by atoms with Gasteiger partial charge in [-0.3, -0.25) is 9.59 Å². The molecule has 0 saturated heterocycles. The summed E-state index contributed by atoms with van der Waals surface area (Å²) in [6.45, 7) is 6.12. The van der Waals surface area contributed by atoms with Gasteiger partial charge in [0.25, 0.3) is 5.91 Å². The summed E-state index contributed by atoms with van der Waals surface area (Å²) in [4.78, 5) is 29.0. The number of nitrogens with zero attached hydrogens (tertiary/aromatic N) is 1. The van der Waals surface area contributed by atoms with Crippen molar-refractivity contribution < 1.29 is 19.1 Å². The smallest absolute Gasteiger partial charge is 0.254 e. The number of amides is 2. The summed E-state index contributed by atoms with van der Waals surface area (Å²) in [5.74, 6) is 0.938. The first-order valence-electron chi connectivity index (χ1n) is 12.8. The van der Waals surface area contributed by atoms with Gasteiger partial charge in [0.1, 0.15) is 0 Å². The lowest BCUT2D eigenvalue weighted by atomic mass is 9.76. The zero-order chi connectivity index (χ0) is 25.1. The topological polar surface area (TPSA) is 67.9 Å². The first kappa shape index (κ1) is 23.9. The lowest BCUT2D eigenvalue weighted by Crippen LogP contribution is -2.50. The molecular weight excluding hydrogens is 452 g/mol. The fourth-order valence-electron chi connectivity index (χ4n) is 5.45. The second-order valence-electron chi connectivity index (χ2n) is 9.15. The van der Waals surface area contributed by atoms with E-state index in [1.165, 1.54) is 5.56 Å². The lowest BCUT2D eigenvalue weighted by molar-refractivity contribution is -0.124. The van der Waals surface area contributed by atoms with E-state index in [9.17, 15) is 9.59 Å². The van der Waals surface area contributed by atoms with Crippen molar-refractivity contribution in [3.63, 3.8) is 0 Å². The van der Waals surface area contributed by atoms with Gasteiger partial charge in [0.2, 0.25) is 5.91 Å². The predicted octanol–water partition coefficient (Wildman–Crippen LogP) is 4.68. The number of carbonyl (C=O) groups excluding carboxylic acids is 2. The molecule has 0 bridgehead atoms. The average Bonchev–Trinajstić information content (AvgIpc) is 2.90. The number of benzene rings is 3. The van der Waals surface area contributed by atoms with Crippen LogP contribution in [0.3, 0.4) is 0 Å². The van der Waals surface area contributed by atoms with Crippen LogP contribution in [0.25, 0.3) is 0 Å². The third-order valence-electron chi connectivity index (χ3n) is 7.04. The molecule has 0 unspecified atom stereocenters. The normalized spacial score (nSPS) is 18.1. The molecular formula is C30H32N2O4. The highest BCUT2D eigenvalue weighted by Gasteiger charge is 2.45. The largest absolute Gasteiger partial charge is 0.490 e. The molecule has 186 valence electrons. The predicted molar refractivity (Wildman–Crippen MR) is 139 cm³/mol. The molecule has 0 aromatic heterocycles. The minimum atomic E-state index is -0.459. The number of hydrogen-bond acceptors (Lipinski definition) is 4. The van der Waals surface area contributed by atoms with Crippen LogP contribution < -0.4 is 14.8 Å². The number of hydrogen-bond donors (Lipinski definition) is 1. The summed E-state index contributed by atoms with van der Waals surface area (Å²) < 4.78 is 11.4. The number of carbonyl (C=O) groups is 2. The highest BCUT2D eigenvalue weighted by atomic mass is 16.5. The van der Waals surface area contributed by atoms with Crippen molar-refractivity contribution in [1.82, 2.24) is 10.2 Å². The molecule has 5 rings (SSSR count). The van der Waals surface area contributed by atoms with E-state index in [-0.39, 0.29) is 17.9 Å². The molecule has 0 radical (unpaired) electrons. The van der Waals surface area contributed by atoms with E-state index in [0.29, 0.717) is 38.3 Å². The van der Waals surface area contributed by atoms with E-state index in [2.05, 4.69) is 17.4 Å². The molecule has 3 aromatic rings. The van der Waals surface area contributed by atoms with Gasteiger partial charge in [-0.2, -0.15) is 0 Å². The molecule has 36 heavy (non-hydrogen) atoms. The summed E-state index contributed by atoms with van der Waals surface area (Å²) in [5, 5.41) is 3.16. The fourth-order valence-corrected chi connectivity index (χ4v) is 5.45. The Bertz CT molecular complexity index is 1270. The summed E-state index contributed by atoms with van der Waals surface area (Å²) >= 11 is 0. The van der Waals surface area contributed by atoms with Gasteiger partial charge in [0.15, 0.2) is 11.5 Å². The minimum Gasteiger partial charge on any atom is -0.490 e. The van der Waals surface area contributed by atoms with E-state index in [1.807, 2.05) is 73.3 Å². The highest BCUT2D eigenvalue weighted by Crippen LogP contribution is 2.45. The van der Waals surface area contributed by atoms with Gasteiger partial charge in [-0.25, -0.2) is 0 Å². The summed E-state index contributed by atoms with van der Waals surface area (Å²) in [6, 6.07) is 21.3. The van der Waals surface area contributed by atoms with Crippen LogP contribution in [0.15, 0.2) is 66.7 Å². The maximum atomic E-state index is 13.7. The molecule has 6 nitrogen and oxygen atoms in total. The molecule has 0 spiro atoms. The molecule has 2 amide bonds.